The van der Waals surface area contributed by atoms with Crippen molar-refractivity contribution in [1.82, 2.24) is 20.1 Å². The van der Waals surface area contributed by atoms with Crippen molar-refractivity contribution in [2.75, 3.05) is 41.7 Å². The van der Waals surface area contributed by atoms with Crippen LogP contribution in [0, 0.1) is 6.92 Å². The van der Waals surface area contributed by atoms with Gasteiger partial charge < -0.3 is 20.4 Å². The lowest BCUT2D eigenvalue weighted by Crippen LogP contribution is -2.50. The average molecular weight is 457 g/mol. The minimum absolute atomic E-state index is 0.255. The molecule has 4 rings (SSSR count). The van der Waals surface area contributed by atoms with Crippen LogP contribution in [0.5, 0.6) is 0 Å². The molecule has 0 unspecified atom stereocenters. The van der Waals surface area contributed by atoms with Crippen molar-refractivity contribution in [3.8, 4) is 0 Å². The number of alkyl halides is 3. The van der Waals surface area contributed by atoms with E-state index >= 15 is 0 Å². The maximum Gasteiger partial charge on any atom is 0.418 e. The number of carbonyl (C=O) groups excluding carboxylic acids is 1. The van der Waals surface area contributed by atoms with Crippen molar-refractivity contribution >= 4 is 29.2 Å². The molecule has 172 valence electrons. The van der Waals surface area contributed by atoms with Gasteiger partial charge in [-0.25, -0.2) is 9.78 Å². The Balaban J connectivity index is 1.33. The van der Waals surface area contributed by atoms with E-state index < -0.39 is 17.8 Å². The normalized spacial score (nSPS) is 14.2. The first-order valence-electron chi connectivity index (χ1n) is 10.3. The summed E-state index contributed by atoms with van der Waals surface area (Å²) in [5, 5.41) is 13.9. The quantitative estimate of drug-likeness (QED) is 0.608. The Bertz CT molecular complexity index is 1110. The Hall–Kier alpha value is -3.89. The summed E-state index contributed by atoms with van der Waals surface area (Å²) in [5.74, 6) is 1.88. The predicted octanol–water partition coefficient (Wildman–Crippen LogP) is 4.30. The van der Waals surface area contributed by atoms with Gasteiger partial charge in [-0.1, -0.05) is 18.2 Å². The van der Waals surface area contributed by atoms with Crippen LogP contribution in [0.25, 0.3) is 0 Å². The third-order valence-corrected chi connectivity index (χ3v) is 5.16. The molecule has 0 spiro atoms. The first kappa shape index (κ1) is 22.3. The van der Waals surface area contributed by atoms with Gasteiger partial charge in [0.15, 0.2) is 11.6 Å². The molecule has 0 atom stereocenters. The number of nitrogens with zero attached hydrogens (tertiary/aromatic N) is 5. The zero-order valence-electron chi connectivity index (χ0n) is 17.8. The summed E-state index contributed by atoms with van der Waals surface area (Å²) < 4.78 is 39.5. The third-order valence-electron chi connectivity index (χ3n) is 5.16. The number of urea groups is 1. The van der Waals surface area contributed by atoms with E-state index in [0.29, 0.717) is 43.6 Å². The Morgan fingerprint density at radius 2 is 1.67 bits per heavy atom. The highest BCUT2D eigenvalue weighted by molar-refractivity contribution is 5.90. The molecule has 1 aromatic carbocycles. The lowest BCUT2D eigenvalue weighted by atomic mass is 10.1. The summed E-state index contributed by atoms with van der Waals surface area (Å²) in [6.07, 6.45) is -4.54. The highest BCUT2D eigenvalue weighted by atomic mass is 19.4. The minimum Gasteiger partial charge on any atom is -0.352 e. The number of rotatable bonds is 4. The number of hydrogen-bond donors (Lipinski definition) is 2. The Kier molecular flexibility index (Phi) is 6.29. The Labute approximate surface area is 188 Å². The summed E-state index contributed by atoms with van der Waals surface area (Å²) in [6, 6.07) is 13.6. The molecule has 2 amide bonds. The molecule has 1 aliphatic rings. The fourth-order valence-corrected chi connectivity index (χ4v) is 3.48. The van der Waals surface area contributed by atoms with Gasteiger partial charge in [0.1, 0.15) is 5.82 Å². The van der Waals surface area contributed by atoms with Gasteiger partial charge in [-0.15, -0.1) is 10.2 Å². The highest BCUT2D eigenvalue weighted by Gasteiger charge is 2.34. The largest absolute Gasteiger partial charge is 0.418 e. The summed E-state index contributed by atoms with van der Waals surface area (Å²) in [4.78, 5) is 20.3. The van der Waals surface area contributed by atoms with Crippen LogP contribution >= 0.6 is 0 Å². The third kappa shape index (κ3) is 5.48. The summed E-state index contributed by atoms with van der Waals surface area (Å²) in [7, 11) is 0. The molecule has 0 saturated carbocycles. The minimum atomic E-state index is -4.54. The number of halogens is 3. The molecular formula is C22H22F3N7O. The van der Waals surface area contributed by atoms with Crippen LogP contribution < -0.4 is 15.5 Å². The van der Waals surface area contributed by atoms with E-state index in [9.17, 15) is 18.0 Å². The zero-order chi connectivity index (χ0) is 23.4. The molecule has 2 N–H and O–H groups in total. The van der Waals surface area contributed by atoms with Crippen LogP contribution in [0.3, 0.4) is 0 Å². The lowest BCUT2D eigenvalue weighted by Gasteiger charge is -2.35. The molecule has 1 saturated heterocycles. The zero-order valence-corrected chi connectivity index (χ0v) is 17.8. The number of benzene rings is 1. The number of nitrogens with one attached hydrogen (secondary N) is 2. The van der Waals surface area contributed by atoms with E-state index in [4.69, 9.17) is 0 Å². The molecule has 3 heterocycles. The number of hydrogen-bond acceptors (Lipinski definition) is 6. The van der Waals surface area contributed by atoms with Gasteiger partial charge in [-0.05, 0) is 43.3 Å². The van der Waals surface area contributed by atoms with Gasteiger partial charge >= 0.3 is 12.2 Å². The molecular weight excluding hydrogens is 435 g/mol. The maximum atomic E-state index is 13.2. The second-order valence-electron chi connectivity index (χ2n) is 7.51. The van der Waals surface area contributed by atoms with Crippen LogP contribution in [0.2, 0.25) is 0 Å². The number of amides is 2. The van der Waals surface area contributed by atoms with Crippen LogP contribution in [0.4, 0.5) is 41.1 Å². The molecule has 33 heavy (non-hydrogen) atoms. The maximum absolute atomic E-state index is 13.2. The molecule has 0 bridgehead atoms. The predicted molar refractivity (Wildman–Crippen MR) is 119 cm³/mol. The molecule has 2 aromatic heterocycles. The number of carbonyl (C=O) groups is 1. The van der Waals surface area contributed by atoms with E-state index in [1.165, 1.54) is 23.1 Å². The van der Waals surface area contributed by atoms with Crippen molar-refractivity contribution in [1.29, 1.82) is 0 Å². The molecule has 0 aliphatic carbocycles. The first-order chi connectivity index (χ1) is 15.8. The molecule has 0 radical (unpaired) electrons. The molecule has 11 heteroatoms. The Morgan fingerprint density at radius 1 is 0.909 bits per heavy atom. The number of anilines is 4. The second-order valence-corrected chi connectivity index (χ2v) is 7.51. The van der Waals surface area contributed by atoms with E-state index in [1.807, 2.05) is 36.1 Å². The van der Waals surface area contributed by atoms with Gasteiger partial charge in [0.25, 0.3) is 0 Å². The van der Waals surface area contributed by atoms with Crippen molar-refractivity contribution in [2.45, 2.75) is 13.1 Å². The second kappa shape index (κ2) is 9.31. The smallest absolute Gasteiger partial charge is 0.352 e. The average Bonchev–Trinajstić information content (AvgIpc) is 2.79. The highest BCUT2D eigenvalue weighted by Crippen LogP contribution is 2.34. The van der Waals surface area contributed by atoms with Crippen molar-refractivity contribution in [2.24, 2.45) is 0 Å². The summed E-state index contributed by atoms with van der Waals surface area (Å²) in [5.41, 5.74) is -0.246. The summed E-state index contributed by atoms with van der Waals surface area (Å²) >= 11 is 0. The fourth-order valence-electron chi connectivity index (χ4n) is 3.48. The summed E-state index contributed by atoms with van der Waals surface area (Å²) in [6.45, 7) is 3.54. The standard InChI is InChI=1S/C22H22F3N7O/c1-15-5-4-8-18(26-15)28-19-9-10-20(30-29-19)31-11-13-32(14-12-31)21(33)27-17-7-3-2-6-16(17)22(23,24)25/h2-10H,11-14H2,1H3,(H,27,33)(H,26,28,29). The van der Waals surface area contributed by atoms with E-state index in [1.54, 1.807) is 6.07 Å². The molecule has 8 nitrogen and oxygen atoms in total. The van der Waals surface area contributed by atoms with Crippen LogP contribution in [-0.4, -0.2) is 52.3 Å². The molecule has 1 aliphatic heterocycles. The Morgan fingerprint density at radius 3 is 2.33 bits per heavy atom. The van der Waals surface area contributed by atoms with Crippen molar-refractivity contribution in [3.63, 3.8) is 0 Å². The van der Waals surface area contributed by atoms with Crippen LogP contribution in [0.15, 0.2) is 54.6 Å². The van der Waals surface area contributed by atoms with E-state index in [-0.39, 0.29) is 5.69 Å². The monoisotopic (exact) mass is 457 g/mol. The van der Waals surface area contributed by atoms with Crippen molar-refractivity contribution < 1.29 is 18.0 Å². The van der Waals surface area contributed by atoms with Gasteiger partial charge in [-0.2, -0.15) is 13.2 Å². The number of aryl methyl sites for hydroxylation is 1. The van der Waals surface area contributed by atoms with Crippen molar-refractivity contribution in [3.05, 3.63) is 65.9 Å². The number of pyridine rings is 1. The van der Waals surface area contributed by atoms with E-state index in [0.717, 1.165) is 11.8 Å². The van der Waals surface area contributed by atoms with Gasteiger partial charge in [0.2, 0.25) is 0 Å². The fraction of sp³-hybridized carbons (Fsp3) is 0.273. The number of para-hydroxylation sites is 1. The SMILES string of the molecule is Cc1cccc(Nc2ccc(N3CCN(C(=O)Nc4ccccc4C(F)(F)F)CC3)nn2)n1. The first-order valence-corrected chi connectivity index (χ1v) is 10.3. The molecule has 1 fully saturated rings. The lowest BCUT2D eigenvalue weighted by molar-refractivity contribution is -0.136. The van der Waals surface area contributed by atoms with E-state index in [2.05, 4.69) is 25.8 Å². The van der Waals surface area contributed by atoms with Gasteiger partial charge in [-0.3, -0.25) is 0 Å². The van der Waals surface area contributed by atoms with Crippen LogP contribution in [-0.2, 0) is 6.18 Å². The van der Waals surface area contributed by atoms with Crippen LogP contribution in [0.1, 0.15) is 11.3 Å². The molecule has 3 aromatic rings. The van der Waals surface area contributed by atoms with Gasteiger partial charge in [0.05, 0.1) is 11.3 Å². The van der Waals surface area contributed by atoms with Gasteiger partial charge in [0, 0.05) is 31.9 Å². The number of piperazine rings is 1. The number of aromatic nitrogens is 3. The topological polar surface area (TPSA) is 86.3 Å².